The molecule has 2 nitrogen and oxygen atoms in total. The van der Waals surface area contributed by atoms with Crippen LogP contribution in [0.25, 0.3) is 0 Å². The summed E-state index contributed by atoms with van der Waals surface area (Å²) in [5.74, 6) is -0.309. The molecule has 0 unspecified atom stereocenters. The smallest absolute Gasteiger partial charge is 0.129 e. The van der Waals surface area contributed by atoms with Crippen molar-refractivity contribution >= 4 is 23.0 Å². The SMILES string of the molecule is Cc1ccc(N)cc1NCc1c(F)cccc1Cl. The lowest BCUT2D eigenvalue weighted by Crippen LogP contribution is -2.04. The standard InChI is InChI=1S/C14H14ClFN2/c1-9-5-6-10(17)7-14(9)18-8-11-12(15)3-2-4-13(11)16/h2-7,18H,8,17H2,1H3. The van der Waals surface area contributed by atoms with Crippen LogP contribution in [0, 0.1) is 12.7 Å². The molecule has 0 aliphatic rings. The van der Waals surface area contributed by atoms with Crippen molar-refractivity contribution in [3.8, 4) is 0 Å². The first kappa shape index (κ1) is 12.7. The second kappa shape index (κ2) is 5.27. The van der Waals surface area contributed by atoms with Crippen LogP contribution in [0.2, 0.25) is 5.02 Å². The Balaban J connectivity index is 2.19. The highest BCUT2D eigenvalue weighted by Crippen LogP contribution is 2.23. The van der Waals surface area contributed by atoms with Crippen LogP contribution in [0.5, 0.6) is 0 Å². The van der Waals surface area contributed by atoms with Gasteiger partial charge in [-0.15, -0.1) is 0 Å². The number of nitrogen functional groups attached to an aromatic ring is 1. The van der Waals surface area contributed by atoms with Crippen LogP contribution in [0.15, 0.2) is 36.4 Å². The van der Waals surface area contributed by atoms with E-state index in [9.17, 15) is 4.39 Å². The Bertz CT molecular complexity index is 549. The topological polar surface area (TPSA) is 38.0 Å². The molecule has 3 N–H and O–H groups in total. The van der Waals surface area contributed by atoms with E-state index in [-0.39, 0.29) is 5.82 Å². The summed E-state index contributed by atoms with van der Waals surface area (Å²) in [5.41, 5.74) is 8.78. The van der Waals surface area contributed by atoms with Gasteiger partial charge in [0.25, 0.3) is 0 Å². The highest BCUT2D eigenvalue weighted by atomic mass is 35.5. The van der Waals surface area contributed by atoms with Crippen molar-refractivity contribution in [2.24, 2.45) is 0 Å². The van der Waals surface area contributed by atoms with Gasteiger partial charge >= 0.3 is 0 Å². The minimum atomic E-state index is -0.309. The minimum Gasteiger partial charge on any atom is -0.399 e. The maximum atomic E-state index is 13.6. The molecule has 0 saturated heterocycles. The van der Waals surface area contributed by atoms with Gasteiger partial charge in [-0.25, -0.2) is 4.39 Å². The third-order valence-electron chi connectivity index (χ3n) is 2.78. The van der Waals surface area contributed by atoms with Crippen molar-refractivity contribution in [2.45, 2.75) is 13.5 Å². The van der Waals surface area contributed by atoms with Gasteiger partial charge in [-0.05, 0) is 36.8 Å². The van der Waals surface area contributed by atoms with Gasteiger partial charge in [-0.1, -0.05) is 23.7 Å². The number of halogens is 2. The summed E-state index contributed by atoms with van der Waals surface area (Å²) in [6.07, 6.45) is 0. The summed E-state index contributed by atoms with van der Waals surface area (Å²) in [5, 5.41) is 3.57. The van der Waals surface area contributed by atoms with E-state index < -0.39 is 0 Å². The molecule has 0 fully saturated rings. The zero-order chi connectivity index (χ0) is 13.1. The molecule has 0 aliphatic carbocycles. The number of anilines is 2. The molecule has 0 radical (unpaired) electrons. The van der Waals surface area contributed by atoms with E-state index >= 15 is 0 Å². The van der Waals surface area contributed by atoms with E-state index in [2.05, 4.69) is 5.32 Å². The van der Waals surface area contributed by atoms with Crippen molar-refractivity contribution < 1.29 is 4.39 Å². The Morgan fingerprint density at radius 1 is 1.28 bits per heavy atom. The fourth-order valence-electron chi connectivity index (χ4n) is 1.71. The highest BCUT2D eigenvalue weighted by molar-refractivity contribution is 6.31. The van der Waals surface area contributed by atoms with Crippen molar-refractivity contribution in [1.82, 2.24) is 0 Å². The number of nitrogens with two attached hydrogens (primary N) is 1. The Morgan fingerprint density at radius 3 is 2.78 bits per heavy atom. The molecule has 0 amide bonds. The largest absolute Gasteiger partial charge is 0.399 e. The second-order valence-electron chi connectivity index (χ2n) is 4.13. The highest BCUT2D eigenvalue weighted by Gasteiger charge is 2.07. The molecule has 0 atom stereocenters. The number of benzene rings is 2. The molecule has 2 rings (SSSR count). The van der Waals surface area contributed by atoms with Gasteiger partial charge in [0.15, 0.2) is 0 Å². The lowest BCUT2D eigenvalue weighted by atomic mass is 10.1. The van der Waals surface area contributed by atoms with Crippen LogP contribution in [0.3, 0.4) is 0 Å². The van der Waals surface area contributed by atoms with Crippen molar-refractivity contribution in [3.05, 3.63) is 58.4 Å². The second-order valence-corrected chi connectivity index (χ2v) is 4.54. The zero-order valence-electron chi connectivity index (χ0n) is 10.0. The third kappa shape index (κ3) is 2.74. The average molecular weight is 265 g/mol. The molecular weight excluding hydrogens is 251 g/mol. The fourth-order valence-corrected chi connectivity index (χ4v) is 1.94. The first-order chi connectivity index (χ1) is 8.58. The molecule has 94 valence electrons. The number of aryl methyl sites for hydroxylation is 1. The number of hydrogen-bond acceptors (Lipinski definition) is 2. The van der Waals surface area contributed by atoms with Gasteiger partial charge < -0.3 is 11.1 Å². The zero-order valence-corrected chi connectivity index (χ0v) is 10.8. The Morgan fingerprint density at radius 2 is 2.06 bits per heavy atom. The average Bonchev–Trinajstić information content (AvgIpc) is 2.33. The fraction of sp³-hybridized carbons (Fsp3) is 0.143. The molecule has 0 heterocycles. The lowest BCUT2D eigenvalue weighted by Gasteiger charge is -2.12. The van der Waals surface area contributed by atoms with Crippen molar-refractivity contribution in [3.63, 3.8) is 0 Å². The molecule has 0 aromatic heterocycles. The van der Waals surface area contributed by atoms with Gasteiger partial charge in [0.2, 0.25) is 0 Å². The summed E-state index contributed by atoms with van der Waals surface area (Å²) in [7, 11) is 0. The van der Waals surface area contributed by atoms with Gasteiger partial charge in [0, 0.05) is 28.5 Å². The van der Waals surface area contributed by atoms with E-state index in [1.54, 1.807) is 12.1 Å². The molecule has 18 heavy (non-hydrogen) atoms. The molecule has 2 aromatic rings. The normalized spacial score (nSPS) is 10.4. The minimum absolute atomic E-state index is 0.309. The first-order valence-corrected chi connectivity index (χ1v) is 5.98. The molecule has 0 aliphatic heterocycles. The van der Waals surface area contributed by atoms with Crippen LogP contribution in [-0.4, -0.2) is 0 Å². The molecule has 0 bridgehead atoms. The maximum absolute atomic E-state index is 13.6. The Hall–Kier alpha value is -1.74. The van der Waals surface area contributed by atoms with Crippen LogP contribution < -0.4 is 11.1 Å². The van der Waals surface area contributed by atoms with E-state index in [0.29, 0.717) is 22.8 Å². The van der Waals surface area contributed by atoms with Crippen LogP contribution >= 0.6 is 11.6 Å². The molecule has 2 aromatic carbocycles. The summed E-state index contributed by atoms with van der Waals surface area (Å²) >= 11 is 5.96. The van der Waals surface area contributed by atoms with Crippen LogP contribution in [0.4, 0.5) is 15.8 Å². The molecule has 4 heteroatoms. The van der Waals surface area contributed by atoms with Gasteiger partial charge in [-0.2, -0.15) is 0 Å². The maximum Gasteiger partial charge on any atom is 0.129 e. The third-order valence-corrected chi connectivity index (χ3v) is 3.13. The quantitative estimate of drug-likeness (QED) is 0.823. The van der Waals surface area contributed by atoms with Crippen molar-refractivity contribution in [2.75, 3.05) is 11.1 Å². The lowest BCUT2D eigenvalue weighted by molar-refractivity contribution is 0.613. The summed E-state index contributed by atoms with van der Waals surface area (Å²) in [6, 6.07) is 10.2. The summed E-state index contributed by atoms with van der Waals surface area (Å²) in [4.78, 5) is 0. The van der Waals surface area contributed by atoms with E-state index in [4.69, 9.17) is 17.3 Å². The Labute approximate surface area is 111 Å². The van der Waals surface area contributed by atoms with Gasteiger partial charge in [0.05, 0.1) is 0 Å². The first-order valence-electron chi connectivity index (χ1n) is 5.61. The molecule has 0 saturated carbocycles. The Kier molecular flexibility index (Phi) is 3.72. The van der Waals surface area contributed by atoms with Crippen molar-refractivity contribution in [1.29, 1.82) is 0 Å². The summed E-state index contributed by atoms with van der Waals surface area (Å²) < 4.78 is 13.6. The van der Waals surface area contributed by atoms with Gasteiger partial charge in [0.1, 0.15) is 5.82 Å². The number of hydrogen-bond donors (Lipinski definition) is 2. The predicted octanol–water partition coefficient (Wildman–Crippen LogP) is 3.98. The van der Waals surface area contributed by atoms with Gasteiger partial charge in [-0.3, -0.25) is 0 Å². The van der Waals surface area contributed by atoms with Crippen LogP contribution in [-0.2, 0) is 6.54 Å². The van der Waals surface area contributed by atoms with E-state index in [0.717, 1.165) is 11.3 Å². The summed E-state index contributed by atoms with van der Waals surface area (Å²) in [6.45, 7) is 2.29. The number of nitrogens with one attached hydrogen (secondary N) is 1. The monoisotopic (exact) mass is 264 g/mol. The van der Waals surface area contributed by atoms with E-state index in [1.165, 1.54) is 6.07 Å². The number of rotatable bonds is 3. The molecule has 0 spiro atoms. The molecular formula is C14H14ClFN2. The van der Waals surface area contributed by atoms with E-state index in [1.807, 2.05) is 25.1 Å². The van der Waals surface area contributed by atoms with Crippen LogP contribution in [0.1, 0.15) is 11.1 Å². The predicted molar refractivity (Wildman–Crippen MR) is 74.3 cm³/mol.